The van der Waals surface area contributed by atoms with Crippen LogP contribution < -0.4 is 43.4 Å². The highest BCUT2D eigenvalue weighted by Gasteiger charge is 2.45. The van der Waals surface area contributed by atoms with Gasteiger partial charge in [0.05, 0.1) is 51.8 Å². The fraction of sp³-hybridized carbons (Fsp3) is 0.861. The van der Waals surface area contributed by atoms with Crippen molar-refractivity contribution in [3.05, 3.63) is 0 Å². The summed E-state index contributed by atoms with van der Waals surface area (Å²) >= 11 is 0. The number of amides is 5. The third-order valence-electron chi connectivity index (χ3n) is 8.82. The Labute approximate surface area is 335 Å². The molecule has 13 N–H and O–H groups in total. The van der Waals surface area contributed by atoms with Gasteiger partial charge in [-0.25, -0.2) is 0 Å². The highest BCUT2D eigenvalue weighted by atomic mass is 16.7. The highest BCUT2D eigenvalue weighted by molar-refractivity contribution is 5.77. The van der Waals surface area contributed by atoms with Gasteiger partial charge in [0, 0.05) is 65.4 Å². The van der Waals surface area contributed by atoms with Crippen molar-refractivity contribution in [1.82, 2.24) is 31.9 Å². The van der Waals surface area contributed by atoms with E-state index in [9.17, 15) is 39.3 Å². The maximum Gasteiger partial charge on any atom is 0.222 e. The van der Waals surface area contributed by atoms with E-state index in [1.54, 1.807) is 7.05 Å². The number of likely N-dealkylation sites (N-methyl/N-ethyl adjacent to an activating group) is 1. The predicted octanol–water partition coefficient (Wildman–Crippen LogP) is -4.15. The van der Waals surface area contributed by atoms with E-state index in [4.69, 9.17) is 35.2 Å². The van der Waals surface area contributed by atoms with Crippen molar-refractivity contribution in [2.45, 2.75) is 101 Å². The number of carbonyl (C=O) groups is 5. The average molecular weight is 823 g/mol. The van der Waals surface area contributed by atoms with Crippen LogP contribution in [-0.4, -0.2) is 180 Å². The second-order valence-electron chi connectivity index (χ2n) is 13.7. The minimum atomic E-state index is -1.40. The van der Waals surface area contributed by atoms with E-state index < -0.39 is 48.7 Å². The summed E-state index contributed by atoms with van der Waals surface area (Å²) in [6.07, 6.45) is -1.45. The highest BCUT2D eigenvalue weighted by Crippen LogP contribution is 2.22. The van der Waals surface area contributed by atoms with Crippen molar-refractivity contribution in [2.75, 3.05) is 99.2 Å². The average Bonchev–Trinajstić information content (AvgIpc) is 3.18. The molecule has 1 aliphatic heterocycles. The lowest BCUT2D eigenvalue weighted by Crippen LogP contribution is -2.64. The Morgan fingerprint density at radius 1 is 0.649 bits per heavy atom. The van der Waals surface area contributed by atoms with Crippen LogP contribution in [-0.2, 0) is 47.7 Å². The number of rotatable bonds is 34. The molecule has 21 nitrogen and oxygen atoms in total. The fourth-order valence-electron chi connectivity index (χ4n) is 5.40. The van der Waals surface area contributed by atoms with Gasteiger partial charge in [0.2, 0.25) is 29.5 Å². The minimum Gasteiger partial charge on any atom is -0.394 e. The van der Waals surface area contributed by atoms with E-state index in [1.807, 2.05) is 0 Å². The zero-order valence-electron chi connectivity index (χ0n) is 33.7. The van der Waals surface area contributed by atoms with Gasteiger partial charge in [0.25, 0.3) is 0 Å². The van der Waals surface area contributed by atoms with E-state index in [-0.39, 0.29) is 95.6 Å². The third-order valence-corrected chi connectivity index (χ3v) is 8.82. The van der Waals surface area contributed by atoms with Crippen molar-refractivity contribution in [2.24, 2.45) is 11.5 Å². The van der Waals surface area contributed by atoms with E-state index in [1.165, 1.54) is 6.92 Å². The summed E-state index contributed by atoms with van der Waals surface area (Å²) in [4.78, 5) is 60.3. The van der Waals surface area contributed by atoms with Crippen LogP contribution in [0.2, 0.25) is 0 Å². The molecule has 57 heavy (non-hydrogen) atoms. The van der Waals surface area contributed by atoms with E-state index >= 15 is 0 Å². The van der Waals surface area contributed by atoms with Gasteiger partial charge >= 0.3 is 0 Å². The number of hydrogen-bond acceptors (Lipinski definition) is 16. The Hall–Kier alpha value is -3.09. The van der Waals surface area contributed by atoms with Crippen LogP contribution in [0.25, 0.3) is 0 Å². The molecule has 21 heteroatoms. The molecule has 1 aliphatic rings. The Balaban J connectivity index is 2.35. The first-order chi connectivity index (χ1) is 27.4. The van der Waals surface area contributed by atoms with Gasteiger partial charge in [0.15, 0.2) is 6.29 Å². The molecule has 1 rings (SSSR count). The number of hydrogen-bond donors (Lipinski definition) is 11. The molecule has 0 aliphatic carbocycles. The molecule has 332 valence electrons. The molecular weight excluding hydrogens is 752 g/mol. The molecule has 0 aromatic rings. The SMILES string of the molecule is CNC(COCCC(=O)NCCCN)(COCCC(=O)NCCCN)COCCC(=O)NCCCNC(=O)CCCCO[C@@H]1OC(CO)[C@@H](O)C(O)C1NC(C)=O. The van der Waals surface area contributed by atoms with Crippen molar-refractivity contribution >= 4 is 29.5 Å². The Morgan fingerprint density at radius 2 is 1.11 bits per heavy atom. The molecule has 1 saturated heterocycles. The summed E-state index contributed by atoms with van der Waals surface area (Å²) in [7, 11) is 1.72. The second-order valence-corrected chi connectivity index (χ2v) is 13.7. The minimum absolute atomic E-state index is 0.0968. The van der Waals surface area contributed by atoms with Crippen LogP contribution in [0.3, 0.4) is 0 Å². The third kappa shape index (κ3) is 23.8. The first kappa shape index (κ1) is 51.9. The van der Waals surface area contributed by atoms with Crippen LogP contribution in [0.4, 0.5) is 0 Å². The normalized spacial score (nSPS) is 19.5. The first-order valence-electron chi connectivity index (χ1n) is 19.8. The summed E-state index contributed by atoms with van der Waals surface area (Å²) < 4.78 is 28.6. The molecule has 0 aromatic heterocycles. The molecule has 5 atom stereocenters. The maximum absolute atomic E-state index is 12.4. The molecular formula is C36H70N8O13. The van der Waals surface area contributed by atoms with E-state index in [0.29, 0.717) is 71.4 Å². The lowest BCUT2D eigenvalue weighted by molar-refractivity contribution is -0.270. The molecule has 1 fully saturated rings. The van der Waals surface area contributed by atoms with Gasteiger partial charge in [-0.15, -0.1) is 0 Å². The number of ether oxygens (including phenoxy) is 5. The maximum atomic E-state index is 12.4. The number of unbranched alkanes of at least 4 members (excludes halogenated alkanes) is 1. The summed E-state index contributed by atoms with van der Waals surface area (Å²) in [6, 6.07) is -1.03. The number of aliphatic hydroxyl groups excluding tert-OH is 3. The van der Waals surface area contributed by atoms with Crippen molar-refractivity contribution in [1.29, 1.82) is 0 Å². The molecule has 1 heterocycles. The summed E-state index contributed by atoms with van der Waals surface area (Å²) in [6.45, 7) is 4.41. The van der Waals surface area contributed by atoms with Gasteiger partial charge < -0.3 is 82.4 Å². The van der Waals surface area contributed by atoms with Crippen molar-refractivity contribution < 1.29 is 63.0 Å². The fourth-order valence-corrected chi connectivity index (χ4v) is 5.40. The molecule has 3 unspecified atom stereocenters. The standard InChI is InChI=1S/C36H70N8O13/c1-26(46)44-32-34(52)33(51)27(22-45)57-35(32)56-18-4-3-8-28(47)42-16-7-17-43-31(50)11-21-55-25-36(39-2,23-53-19-9-29(48)40-14-5-12-37)24-54-20-10-30(49)41-15-6-13-38/h27,32-35,39,45,51-52H,3-25,37-38H2,1-2H3,(H,40,48)(H,41,49)(H,42,47)(H,43,50)(H,44,46)/t27?,32?,33-,34?,35-/m1/s1. The zero-order chi connectivity index (χ0) is 42.3. The Morgan fingerprint density at radius 3 is 1.53 bits per heavy atom. The summed E-state index contributed by atoms with van der Waals surface area (Å²) in [5, 5.41) is 46.7. The van der Waals surface area contributed by atoms with Crippen LogP contribution >= 0.6 is 0 Å². The first-order valence-corrected chi connectivity index (χ1v) is 19.8. The van der Waals surface area contributed by atoms with Gasteiger partial charge in [-0.05, 0) is 52.2 Å². The summed E-state index contributed by atoms with van der Waals surface area (Å²) in [5.74, 6) is -1.13. The molecule has 0 spiro atoms. The largest absolute Gasteiger partial charge is 0.394 e. The van der Waals surface area contributed by atoms with Crippen molar-refractivity contribution in [3.8, 4) is 0 Å². The molecule has 0 saturated carbocycles. The Bertz CT molecular complexity index is 1110. The zero-order valence-corrected chi connectivity index (χ0v) is 33.7. The number of nitrogens with one attached hydrogen (secondary N) is 6. The topological polar surface area (TPSA) is 316 Å². The van der Waals surface area contributed by atoms with Crippen LogP contribution in [0, 0.1) is 0 Å². The quantitative estimate of drug-likeness (QED) is 0.0275. The Kier molecular flexibility index (Phi) is 29.0. The lowest BCUT2D eigenvalue weighted by atomic mass is 9.97. The number of carbonyl (C=O) groups excluding carboxylic acids is 5. The number of aliphatic hydroxyl groups is 3. The van der Waals surface area contributed by atoms with Crippen LogP contribution in [0.15, 0.2) is 0 Å². The molecule has 0 radical (unpaired) electrons. The summed E-state index contributed by atoms with van der Waals surface area (Å²) in [5.41, 5.74) is 10.1. The number of nitrogens with two attached hydrogens (primary N) is 2. The predicted molar refractivity (Wildman–Crippen MR) is 207 cm³/mol. The molecule has 5 amide bonds. The molecule has 0 aromatic carbocycles. The van der Waals surface area contributed by atoms with Gasteiger partial charge in [0.1, 0.15) is 24.4 Å². The molecule has 0 bridgehead atoms. The van der Waals surface area contributed by atoms with Gasteiger partial charge in [-0.2, -0.15) is 0 Å². The smallest absolute Gasteiger partial charge is 0.222 e. The lowest BCUT2D eigenvalue weighted by Gasteiger charge is -2.42. The second kappa shape index (κ2) is 31.8. The van der Waals surface area contributed by atoms with Crippen LogP contribution in [0.5, 0.6) is 0 Å². The van der Waals surface area contributed by atoms with E-state index in [2.05, 4.69) is 31.9 Å². The van der Waals surface area contributed by atoms with Gasteiger partial charge in [-0.3, -0.25) is 24.0 Å². The monoisotopic (exact) mass is 823 g/mol. The van der Waals surface area contributed by atoms with Crippen molar-refractivity contribution in [3.63, 3.8) is 0 Å². The van der Waals surface area contributed by atoms with Crippen LogP contribution in [0.1, 0.15) is 64.7 Å². The van der Waals surface area contributed by atoms with Gasteiger partial charge in [-0.1, -0.05) is 0 Å². The van der Waals surface area contributed by atoms with E-state index in [0.717, 1.165) is 0 Å².